The van der Waals surface area contributed by atoms with Crippen molar-refractivity contribution in [3.63, 3.8) is 0 Å². The van der Waals surface area contributed by atoms with Crippen LogP contribution in [0.1, 0.15) is 219 Å². The second kappa shape index (κ2) is 45.6. The molecule has 63 heavy (non-hydrogen) atoms. The number of rotatable bonds is 46. The summed E-state index contributed by atoms with van der Waals surface area (Å²) in [6.45, 7) is 4.61. The van der Waals surface area contributed by atoms with Crippen LogP contribution in [0.4, 0.5) is 0 Å². The quantitative estimate of drug-likeness (QED) is 0.0197. The molecule has 0 radical (unpaired) electrons. The number of unbranched alkanes of at least 4 members (excludes halogenated alkanes) is 25. The van der Waals surface area contributed by atoms with Gasteiger partial charge in [0.25, 0.3) is 0 Å². The summed E-state index contributed by atoms with van der Waals surface area (Å²) in [6, 6.07) is -0.733. The van der Waals surface area contributed by atoms with Gasteiger partial charge in [0, 0.05) is 19.3 Å². The van der Waals surface area contributed by atoms with Gasteiger partial charge < -0.3 is 28.6 Å². The molecule has 0 aromatic carbocycles. The summed E-state index contributed by atoms with van der Waals surface area (Å²) < 4.78 is 17.2. The third kappa shape index (κ3) is 44.0. The van der Waals surface area contributed by atoms with Gasteiger partial charge in [-0.3, -0.25) is 9.59 Å². The highest BCUT2D eigenvalue weighted by Gasteiger charge is 2.25. The van der Waals surface area contributed by atoms with E-state index in [2.05, 4.69) is 74.6 Å². The molecule has 0 bridgehead atoms. The Kier molecular flexibility index (Phi) is 43.4. The highest BCUT2D eigenvalue weighted by molar-refractivity contribution is 5.70. The van der Waals surface area contributed by atoms with Crippen LogP contribution in [-0.4, -0.2) is 75.5 Å². The lowest BCUT2D eigenvalue weighted by atomic mass is 10.1. The zero-order chi connectivity index (χ0) is 46.3. The van der Waals surface area contributed by atoms with Crippen LogP contribution < -0.4 is 5.11 Å². The molecule has 0 rings (SSSR count). The fourth-order valence-electron chi connectivity index (χ4n) is 7.43. The van der Waals surface area contributed by atoms with Crippen molar-refractivity contribution in [2.45, 2.75) is 231 Å². The van der Waals surface area contributed by atoms with Crippen molar-refractivity contribution in [2.24, 2.45) is 0 Å². The molecule has 0 saturated carbocycles. The minimum absolute atomic E-state index is 0.0297. The molecule has 0 spiro atoms. The van der Waals surface area contributed by atoms with Gasteiger partial charge in [-0.2, -0.15) is 0 Å². The van der Waals surface area contributed by atoms with Gasteiger partial charge in [0.05, 0.1) is 40.3 Å². The number of nitrogens with zero attached hydrogens (tertiary/aromatic N) is 1. The molecule has 8 heteroatoms. The maximum Gasteiger partial charge on any atom is 0.306 e. The molecule has 0 heterocycles. The van der Waals surface area contributed by atoms with Crippen LogP contribution in [0.15, 0.2) is 60.8 Å². The lowest BCUT2D eigenvalue weighted by molar-refractivity contribution is -0.889. The van der Waals surface area contributed by atoms with Gasteiger partial charge in [-0.25, -0.2) is 0 Å². The van der Waals surface area contributed by atoms with Crippen LogP contribution >= 0.6 is 0 Å². The predicted molar refractivity (Wildman–Crippen MR) is 263 cm³/mol. The second-order valence-corrected chi connectivity index (χ2v) is 18.5. The number of aliphatic carboxylic acids is 1. The minimum atomic E-state index is -1.13. The Morgan fingerprint density at radius 3 is 1.32 bits per heavy atom. The molecular weight excluding hydrogens is 787 g/mol. The maximum atomic E-state index is 12.8. The summed E-state index contributed by atoms with van der Waals surface area (Å²) in [6.07, 6.45) is 56.7. The number of quaternary nitrogens is 1. The molecule has 0 N–H and O–H groups in total. The molecule has 0 aromatic heterocycles. The molecule has 0 aliphatic rings. The Morgan fingerprint density at radius 1 is 0.476 bits per heavy atom. The second-order valence-electron chi connectivity index (χ2n) is 18.5. The molecule has 2 unspecified atom stereocenters. The number of ether oxygens (including phenoxy) is 3. The van der Waals surface area contributed by atoms with E-state index in [1.165, 1.54) is 122 Å². The van der Waals surface area contributed by atoms with E-state index in [1.54, 1.807) is 21.1 Å². The number of allylic oxidation sites excluding steroid dienone is 10. The number of carboxylic acid groups (broad SMARTS) is 1. The summed E-state index contributed by atoms with van der Waals surface area (Å²) in [5.41, 5.74) is 0. The normalized spacial score (nSPS) is 13.3. The number of likely N-dealkylation sites (N-methyl/N-ethyl adjacent to an activating group) is 1. The van der Waals surface area contributed by atoms with Crippen molar-refractivity contribution in [1.82, 2.24) is 0 Å². The molecule has 2 atom stereocenters. The van der Waals surface area contributed by atoms with E-state index in [9.17, 15) is 19.5 Å². The van der Waals surface area contributed by atoms with Crippen molar-refractivity contribution in [3.8, 4) is 0 Å². The Labute approximate surface area is 388 Å². The monoisotopic (exact) mass is 884 g/mol. The van der Waals surface area contributed by atoms with Crippen LogP contribution in [-0.2, 0) is 28.6 Å². The molecule has 0 aliphatic carbocycles. The smallest absolute Gasteiger partial charge is 0.306 e. The number of hydrogen-bond acceptors (Lipinski definition) is 7. The van der Waals surface area contributed by atoms with E-state index < -0.39 is 18.1 Å². The van der Waals surface area contributed by atoms with Crippen molar-refractivity contribution < 1.29 is 38.2 Å². The fraction of sp³-hybridized carbons (Fsp3) is 0.764. The average molecular weight is 884 g/mol. The number of carbonyl (C=O) groups is 3. The van der Waals surface area contributed by atoms with Gasteiger partial charge in [0.1, 0.15) is 12.6 Å². The summed E-state index contributed by atoms with van der Waals surface area (Å²) in [4.78, 5) is 37.0. The highest BCUT2D eigenvalue weighted by Crippen LogP contribution is 2.15. The molecular formula is C55H97NO7. The van der Waals surface area contributed by atoms with E-state index in [1.807, 2.05) is 0 Å². The minimum Gasteiger partial charge on any atom is -0.544 e. The zero-order valence-corrected chi connectivity index (χ0v) is 41.5. The summed E-state index contributed by atoms with van der Waals surface area (Å²) in [5, 5.41) is 11.7. The first-order valence-corrected chi connectivity index (χ1v) is 25.9. The van der Waals surface area contributed by atoms with E-state index in [0.717, 1.165) is 64.2 Å². The molecule has 8 nitrogen and oxygen atoms in total. The van der Waals surface area contributed by atoms with Crippen molar-refractivity contribution in [2.75, 3.05) is 41.0 Å². The van der Waals surface area contributed by atoms with E-state index >= 15 is 0 Å². The van der Waals surface area contributed by atoms with Crippen LogP contribution in [0.3, 0.4) is 0 Å². The number of esters is 2. The van der Waals surface area contributed by atoms with E-state index in [4.69, 9.17) is 14.2 Å². The van der Waals surface area contributed by atoms with Gasteiger partial charge >= 0.3 is 11.9 Å². The van der Waals surface area contributed by atoms with Gasteiger partial charge in [-0.05, 0) is 64.2 Å². The summed E-state index contributed by atoms with van der Waals surface area (Å²) >= 11 is 0. The lowest BCUT2D eigenvalue weighted by Gasteiger charge is -2.34. The largest absolute Gasteiger partial charge is 0.544 e. The third-order valence-electron chi connectivity index (χ3n) is 11.5. The van der Waals surface area contributed by atoms with Crippen LogP contribution in [0, 0.1) is 0 Å². The van der Waals surface area contributed by atoms with Gasteiger partial charge in [-0.1, -0.05) is 197 Å². The molecule has 0 saturated heterocycles. The molecule has 0 amide bonds. The van der Waals surface area contributed by atoms with Crippen LogP contribution in [0.5, 0.6) is 0 Å². The molecule has 0 aromatic rings. The van der Waals surface area contributed by atoms with Gasteiger partial charge in [0.15, 0.2) is 6.10 Å². The summed E-state index contributed by atoms with van der Waals surface area (Å²) in [5.74, 6) is -1.77. The van der Waals surface area contributed by atoms with Crippen molar-refractivity contribution >= 4 is 17.9 Å². The van der Waals surface area contributed by atoms with Gasteiger partial charge in [-0.15, -0.1) is 0 Å². The highest BCUT2D eigenvalue weighted by atomic mass is 16.6. The summed E-state index contributed by atoms with van der Waals surface area (Å²) in [7, 11) is 5.40. The van der Waals surface area contributed by atoms with Crippen molar-refractivity contribution in [3.05, 3.63) is 60.8 Å². The Balaban J connectivity index is 4.30. The maximum absolute atomic E-state index is 12.8. The number of carboxylic acids is 1. The van der Waals surface area contributed by atoms with E-state index in [0.29, 0.717) is 12.8 Å². The first-order chi connectivity index (χ1) is 30.6. The number of carbonyl (C=O) groups excluding carboxylic acids is 3. The first-order valence-electron chi connectivity index (χ1n) is 25.9. The van der Waals surface area contributed by atoms with E-state index in [-0.39, 0.29) is 42.7 Å². The molecule has 0 fully saturated rings. The predicted octanol–water partition coefficient (Wildman–Crippen LogP) is 13.6. The number of hydrogen-bond donors (Lipinski definition) is 0. The fourth-order valence-corrected chi connectivity index (χ4v) is 7.43. The standard InChI is InChI=1S/C55H97NO7/c1-6-8-10-12-14-16-18-20-22-24-26-27-28-30-32-34-36-38-40-42-44-46-54(58)63-51(49-61-48-47-52(55(59)60)56(3,4)5)50-62-53(57)45-43-41-39-37-35-33-31-29-25-23-21-19-17-15-13-11-9-7-2/h15,17,19,21,23,25,27-29,31,51-52H,6-14,16,18,20,22,24,26,30,32-50H2,1-5H3/b17-15+,21-19+,25-23+,28-27+,31-29+. The first kappa shape index (κ1) is 60.0. The Bertz CT molecular complexity index is 1210. The lowest BCUT2D eigenvalue weighted by Crippen LogP contribution is -2.55. The average Bonchev–Trinajstić information content (AvgIpc) is 3.24. The van der Waals surface area contributed by atoms with Crippen molar-refractivity contribution in [1.29, 1.82) is 0 Å². The SMILES string of the molecule is CCCCC/C=C/C=C/C=C/C=C/CCCCCCCC(=O)OCC(COCCC(C(=O)[O-])[N+](C)(C)C)OC(=O)CCCCCCCCC/C=C/CCCCCCCCCCCC. The van der Waals surface area contributed by atoms with Crippen LogP contribution in [0.2, 0.25) is 0 Å². The van der Waals surface area contributed by atoms with Crippen LogP contribution in [0.25, 0.3) is 0 Å². The third-order valence-corrected chi connectivity index (χ3v) is 11.5. The Hall–Kier alpha value is -2.97. The Morgan fingerprint density at radius 2 is 0.857 bits per heavy atom. The molecule has 0 aliphatic heterocycles. The van der Waals surface area contributed by atoms with Gasteiger partial charge in [0.2, 0.25) is 0 Å². The molecule has 364 valence electrons. The topological polar surface area (TPSA) is 102 Å². The zero-order valence-electron chi connectivity index (χ0n) is 41.5.